The van der Waals surface area contributed by atoms with E-state index >= 15 is 0 Å². The minimum atomic E-state index is -0.551. The highest BCUT2D eigenvalue weighted by Gasteiger charge is 2.29. The summed E-state index contributed by atoms with van der Waals surface area (Å²) in [6.07, 6.45) is 3.76. The summed E-state index contributed by atoms with van der Waals surface area (Å²) >= 11 is 0. The number of piperidine rings is 1. The zero-order valence-corrected chi connectivity index (χ0v) is 16.4. The Morgan fingerprint density at radius 3 is 2.61 bits per heavy atom. The molecule has 0 aromatic carbocycles. The third-order valence-electron chi connectivity index (χ3n) is 5.43. The normalized spacial score (nSPS) is 18.0. The fourth-order valence-electron chi connectivity index (χ4n) is 3.82. The molecule has 2 aromatic heterocycles. The summed E-state index contributed by atoms with van der Waals surface area (Å²) in [5.74, 6) is 0.239. The first-order valence-electron chi connectivity index (χ1n) is 10.1. The van der Waals surface area contributed by atoms with Gasteiger partial charge < -0.3 is 10.6 Å². The summed E-state index contributed by atoms with van der Waals surface area (Å²) in [7, 11) is 0. The van der Waals surface area contributed by atoms with Crippen molar-refractivity contribution >= 4 is 16.9 Å². The van der Waals surface area contributed by atoms with Crippen LogP contribution in [-0.4, -0.2) is 39.6 Å². The molecule has 3 N–H and O–H groups in total. The summed E-state index contributed by atoms with van der Waals surface area (Å²) in [6, 6.07) is 1.83. The lowest BCUT2D eigenvalue weighted by atomic mass is 10.0. The van der Waals surface area contributed by atoms with Crippen LogP contribution in [0.1, 0.15) is 61.5 Å². The van der Waals surface area contributed by atoms with Gasteiger partial charge in [0.15, 0.2) is 5.65 Å². The summed E-state index contributed by atoms with van der Waals surface area (Å²) < 4.78 is 1.49. The highest BCUT2D eigenvalue weighted by atomic mass is 16.2. The van der Waals surface area contributed by atoms with Crippen molar-refractivity contribution in [3.8, 4) is 0 Å². The van der Waals surface area contributed by atoms with Gasteiger partial charge in [0.2, 0.25) is 0 Å². The monoisotopic (exact) mass is 385 g/mol. The highest BCUT2D eigenvalue weighted by molar-refractivity contribution is 6.05. The molecule has 0 bridgehead atoms. The average Bonchev–Trinajstić information content (AvgIpc) is 3.50. The second-order valence-electron chi connectivity index (χ2n) is 8.33. The lowest BCUT2D eigenvalue weighted by Crippen LogP contribution is -2.43. The fraction of sp³-hybridized carbons (Fsp3) is 0.600. The van der Waals surface area contributed by atoms with Gasteiger partial charge in [-0.2, -0.15) is 0 Å². The van der Waals surface area contributed by atoms with Crippen LogP contribution in [0.25, 0.3) is 11.0 Å². The molecular weight excluding hydrogens is 358 g/mol. The summed E-state index contributed by atoms with van der Waals surface area (Å²) in [6.45, 7) is 6.16. The maximum Gasteiger partial charge on any atom is 0.330 e. The Morgan fingerprint density at radius 1 is 1.25 bits per heavy atom. The minimum absolute atomic E-state index is 0.0852. The van der Waals surface area contributed by atoms with Crippen LogP contribution >= 0.6 is 0 Å². The van der Waals surface area contributed by atoms with Gasteiger partial charge in [-0.15, -0.1) is 0 Å². The van der Waals surface area contributed by atoms with Crippen molar-refractivity contribution in [2.24, 2.45) is 5.92 Å². The van der Waals surface area contributed by atoms with E-state index in [-0.39, 0.29) is 23.3 Å². The van der Waals surface area contributed by atoms with Crippen molar-refractivity contribution in [1.82, 2.24) is 25.2 Å². The second kappa shape index (κ2) is 7.50. The third kappa shape index (κ3) is 3.73. The largest absolute Gasteiger partial charge is 0.349 e. The number of amides is 1. The molecule has 1 aliphatic heterocycles. The Hall–Kier alpha value is -2.48. The third-order valence-corrected chi connectivity index (χ3v) is 5.43. The number of H-pyrrole nitrogens is 1. The zero-order chi connectivity index (χ0) is 19.8. The van der Waals surface area contributed by atoms with Crippen LogP contribution in [0, 0.1) is 5.92 Å². The Kier molecular flexibility index (Phi) is 5.05. The van der Waals surface area contributed by atoms with Crippen molar-refractivity contribution in [3.63, 3.8) is 0 Å². The number of rotatable bonds is 5. The molecule has 0 spiro atoms. The molecule has 0 unspecified atom stereocenters. The van der Waals surface area contributed by atoms with Crippen LogP contribution in [0.5, 0.6) is 0 Å². The molecular formula is C20H27N5O3. The maximum atomic E-state index is 13.1. The number of nitrogens with one attached hydrogen (secondary N) is 3. The topological polar surface area (TPSA) is 109 Å². The Labute approximate surface area is 162 Å². The predicted molar refractivity (Wildman–Crippen MR) is 107 cm³/mol. The SMILES string of the molecule is CC(C)Cn1c(=O)[nH]c(=O)c2c(C(=O)NC3CCNCC3)cc(C3CC3)nc21. The quantitative estimate of drug-likeness (QED) is 0.714. The van der Waals surface area contributed by atoms with E-state index in [1.54, 1.807) is 6.07 Å². The van der Waals surface area contributed by atoms with E-state index in [0.717, 1.165) is 44.5 Å². The molecule has 8 nitrogen and oxygen atoms in total. The molecule has 1 saturated heterocycles. The van der Waals surface area contributed by atoms with Gasteiger partial charge in [0, 0.05) is 24.2 Å². The molecule has 1 amide bonds. The molecule has 28 heavy (non-hydrogen) atoms. The number of pyridine rings is 1. The van der Waals surface area contributed by atoms with Gasteiger partial charge in [0.05, 0.1) is 10.9 Å². The first kappa shape index (κ1) is 18.9. The lowest BCUT2D eigenvalue weighted by Gasteiger charge is -2.24. The maximum absolute atomic E-state index is 13.1. The zero-order valence-electron chi connectivity index (χ0n) is 16.4. The smallest absolute Gasteiger partial charge is 0.330 e. The fourth-order valence-corrected chi connectivity index (χ4v) is 3.82. The van der Waals surface area contributed by atoms with Crippen molar-refractivity contribution in [2.75, 3.05) is 13.1 Å². The van der Waals surface area contributed by atoms with E-state index in [4.69, 9.17) is 0 Å². The summed E-state index contributed by atoms with van der Waals surface area (Å²) in [5.41, 5.74) is 0.415. The van der Waals surface area contributed by atoms with Crippen LogP contribution in [0.2, 0.25) is 0 Å². The predicted octanol–water partition coefficient (Wildman–Crippen LogP) is 1.10. The van der Waals surface area contributed by atoms with Crippen molar-refractivity contribution in [3.05, 3.63) is 38.2 Å². The summed E-state index contributed by atoms with van der Waals surface area (Å²) in [5, 5.41) is 6.55. The number of aromatic nitrogens is 3. The van der Waals surface area contributed by atoms with E-state index in [1.165, 1.54) is 4.57 Å². The first-order valence-corrected chi connectivity index (χ1v) is 10.1. The van der Waals surface area contributed by atoms with Gasteiger partial charge in [-0.05, 0) is 50.8 Å². The number of aromatic amines is 1. The molecule has 1 aliphatic carbocycles. The number of hydrogen-bond donors (Lipinski definition) is 3. The van der Waals surface area contributed by atoms with E-state index in [1.807, 2.05) is 13.8 Å². The molecule has 1 saturated carbocycles. The van der Waals surface area contributed by atoms with Gasteiger partial charge in [-0.1, -0.05) is 13.8 Å². The van der Waals surface area contributed by atoms with Crippen LogP contribution in [-0.2, 0) is 6.54 Å². The van der Waals surface area contributed by atoms with Gasteiger partial charge in [-0.25, -0.2) is 9.78 Å². The Bertz CT molecular complexity index is 1010. The molecule has 0 atom stereocenters. The Morgan fingerprint density at radius 2 is 1.96 bits per heavy atom. The average molecular weight is 385 g/mol. The number of carbonyl (C=O) groups excluding carboxylic acids is 1. The van der Waals surface area contributed by atoms with Gasteiger partial charge >= 0.3 is 5.69 Å². The minimum Gasteiger partial charge on any atom is -0.349 e. The van der Waals surface area contributed by atoms with Crippen molar-refractivity contribution in [1.29, 1.82) is 0 Å². The van der Waals surface area contributed by atoms with Crippen LogP contribution in [0.3, 0.4) is 0 Å². The first-order chi connectivity index (χ1) is 13.4. The van der Waals surface area contributed by atoms with Gasteiger partial charge in [0.1, 0.15) is 0 Å². The molecule has 2 aromatic rings. The molecule has 8 heteroatoms. The molecule has 0 radical (unpaired) electrons. The molecule has 2 aliphatic rings. The van der Waals surface area contributed by atoms with E-state index in [0.29, 0.717) is 23.7 Å². The summed E-state index contributed by atoms with van der Waals surface area (Å²) in [4.78, 5) is 45.2. The van der Waals surface area contributed by atoms with E-state index in [9.17, 15) is 14.4 Å². The molecule has 3 heterocycles. The molecule has 4 rings (SSSR count). The van der Waals surface area contributed by atoms with Crippen LogP contribution in [0.4, 0.5) is 0 Å². The van der Waals surface area contributed by atoms with E-state index in [2.05, 4.69) is 20.6 Å². The van der Waals surface area contributed by atoms with Crippen molar-refractivity contribution in [2.45, 2.75) is 58.0 Å². The highest BCUT2D eigenvalue weighted by Crippen LogP contribution is 2.39. The van der Waals surface area contributed by atoms with Crippen LogP contribution < -0.4 is 21.9 Å². The number of fused-ring (bicyclic) bond motifs is 1. The number of nitrogens with zero attached hydrogens (tertiary/aromatic N) is 2. The van der Waals surface area contributed by atoms with E-state index < -0.39 is 11.2 Å². The number of hydrogen-bond acceptors (Lipinski definition) is 5. The number of carbonyl (C=O) groups is 1. The lowest BCUT2D eigenvalue weighted by molar-refractivity contribution is 0.0931. The van der Waals surface area contributed by atoms with Gasteiger partial charge in [-0.3, -0.25) is 19.1 Å². The molecule has 150 valence electrons. The second-order valence-corrected chi connectivity index (χ2v) is 8.33. The Balaban J connectivity index is 1.85. The van der Waals surface area contributed by atoms with Crippen molar-refractivity contribution < 1.29 is 4.79 Å². The molecule has 2 fully saturated rings. The van der Waals surface area contributed by atoms with Gasteiger partial charge in [0.25, 0.3) is 11.5 Å². The standard InChI is InChI=1S/C20H27N5O3/c1-11(2)10-25-17-16(19(27)24-20(25)28)14(9-15(23-17)12-3-4-12)18(26)22-13-5-7-21-8-6-13/h9,11-13,21H,3-8,10H2,1-2H3,(H,22,26)(H,24,27,28). The van der Waals surface area contributed by atoms with Crippen LogP contribution in [0.15, 0.2) is 15.7 Å².